The van der Waals surface area contributed by atoms with Crippen LogP contribution in [0.25, 0.3) is 0 Å². The maximum Gasteiger partial charge on any atom is 0.326 e. The Balaban J connectivity index is 2.41. The van der Waals surface area contributed by atoms with Gasteiger partial charge in [0.05, 0.1) is 25.2 Å². The molecule has 1 aromatic carbocycles. The lowest BCUT2D eigenvalue weighted by Gasteiger charge is -2.29. The van der Waals surface area contributed by atoms with Gasteiger partial charge in [-0.2, -0.15) is 0 Å². The molecule has 29 heteroatoms. The summed E-state index contributed by atoms with van der Waals surface area (Å²) >= 11 is 0. The molecule has 0 saturated carbocycles. The SMILES string of the molecule is CC(C)C[C@H](NC(=O)[C@H](CCCCN)NC(=O)[C@@H](N)CCCCN)C(=O)N[C@@H](CCC(N)=O)C(=O)N[C@@H](CC(=O)O)C(=O)N[C@H](C(=O)N[C@@H](Cc1cnc[nH]1)C(=O)N[C@@H](CC(N)=O)C(=O)N[C@@H](Cc1ccccc1)C(=O)O)C(C)C. The van der Waals surface area contributed by atoms with Crippen LogP contribution in [0.1, 0.15) is 110 Å². The second kappa shape index (κ2) is 35.5. The summed E-state index contributed by atoms with van der Waals surface area (Å²) in [4.78, 5) is 166. The molecule has 0 aliphatic carbocycles. The molecule has 0 unspecified atom stereocenters. The third kappa shape index (κ3) is 25.6. The largest absolute Gasteiger partial charge is 0.481 e. The van der Waals surface area contributed by atoms with E-state index in [2.05, 4.69) is 52.5 Å². The average Bonchev–Trinajstić information content (AvgIpc) is 3.90. The molecule has 0 radical (unpaired) electrons. The zero-order chi connectivity index (χ0) is 60.1. The van der Waals surface area contributed by atoms with E-state index in [1.54, 1.807) is 44.2 Å². The number of carboxylic acids is 2. The van der Waals surface area contributed by atoms with Crippen LogP contribution in [-0.4, -0.2) is 159 Å². The van der Waals surface area contributed by atoms with E-state index in [1.165, 1.54) is 26.4 Å². The Labute approximate surface area is 463 Å². The smallest absolute Gasteiger partial charge is 0.326 e. The fraction of sp³-hybridized carbons (Fsp3) is 0.588. The number of rotatable bonds is 39. The summed E-state index contributed by atoms with van der Waals surface area (Å²) < 4.78 is 0. The highest BCUT2D eigenvalue weighted by molar-refractivity contribution is 5.99. The minimum absolute atomic E-state index is 0.00258. The number of H-pyrrole nitrogens is 1. The number of primary amides is 2. The fourth-order valence-corrected chi connectivity index (χ4v) is 8.02. The molecule has 0 aliphatic heterocycles. The molecule has 0 fully saturated rings. The second-order valence-electron chi connectivity index (χ2n) is 20.0. The summed E-state index contributed by atoms with van der Waals surface area (Å²) in [7, 11) is 0. The third-order valence-corrected chi connectivity index (χ3v) is 12.3. The Morgan fingerprint density at radius 1 is 0.537 bits per heavy atom. The Morgan fingerprint density at radius 3 is 1.55 bits per heavy atom. The second-order valence-corrected chi connectivity index (χ2v) is 20.0. The minimum atomic E-state index is -1.96. The normalized spacial score (nSPS) is 14.5. The van der Waals surface area contributed by atoms with Gasteiger partial charge in [0.1, 0.15) is 48.3 Å². The van der Waals surface area contributed by atoms with Gasteiger partial charge in [-0.3, -0.25) is 52.7 Å². The Bertz CT molecular complexity index is 2390. The quantitative estimate of drug-likeness (QED) is 0.0284. The molecule has 1 aromatic heterocycles. The molecule has 1 heterocycles. The van der Waals surface area contributed by atoms with E-state index in [4.69, 9.17) is 28.7 Å². The molecule has 9 atom stereocenters. The minimum Gasteiger partial charge on any atom is -0.481 e. The number of carbonyl (C=O) groups excluding carboxylic acids is 10. The maximum absolute atomic E-state index is 14.1. The van der Waals surface area contributed by atoms with Crippen molar-refractivity contribution in [1.82, 2.24) is 52.5 Å². The van der Waals surface area contributed by atoms with Gasteiger partial charge in [-0.05, 0) is 75.4 Å². The molecule has 0 saturated heterocycles. The van der Waals surface area contributed by atoms with Crippen LogP contribution in [0.3, 0.4) is 0 Å². The number of aromatic amines is 1. The van der Waals surface area contributed by atoms with Gasteiger partial charge in [0.15, 0.2) is 0 Å². The van der Waals surface area contributed by atoms with Gasteiger partial charge in [0.2, 0.25) is 59.1 Å². The number of nitrogens with two attached hydrogens (primary N) is 5. The first-order valence-corrected chi connectivity index (χ1v) is 26.4. The number of carbonyl (C=O) groups is 12. The van der Waals surface area contributed by atoms with Crippen molar-refractivity contribution >= 4 is 71.0 Å². The van der Waals surface area contributed by atoms with Gasteiger partial charge in [-0.15, -0.1) is 0 Å². The van der Waals surface area contributed by atoms with Crippen LogP contribution in [0.5, 0.6) is 0 Å². The van der Waals surface area contributed by atoms with Crippen molar-refractivity contribution in [2.45, 2.75) is 166 Å². The van der Waals surface area contributed by atoms with Crippen molar-refractivity contribution in [2.24, 2.45) is 40.5 Å². The number of aliphatic carboxylic acids is 2. The monoisotopic (exact) mass is 1130 g/mol. The number of unbranched alkanes of at least 4 members (excludes halogenated alkanes) is 2. The highest BCUT2D eigenvalue weighted by Gasteiger charge is 2.37. The van der Waals surface area contributed by atoms with Crippen molar-refractivity contribution in [3.8, 4) is 0 Å². The van der Waals surface area contributed by atoms with Crippen LogP contribution < -0.4 is 71.2 Å². The number of imidazole rings is 1. The summed E-state index contributed by atoms with van der Waals surface area (Å²) in [5.41, 5.74) is 29.0. The van der Waals surface area contributed by atoms with Crippen LogP contribution in [0.15, 0.2) is 42.9 Å². The third-order valence-electron chi connectivity index (χ3n) is 12.3. The van der Waals surface area contributed by atoms with Gasteiger partial charge in [0, 0.05) is 31.2 Å². The molecule has 29 nitrogen and oxygen atoms in total. The molecule has 0 aliphatic rings. The number of carboxylic acid groups (broad SMARTS) is 2. The predicted molar refractivity (Wildman–Crippen MR) is 288 cm³/mol. The van der Waals surface area contributed by atoms with E-state index < -0.39 is 157 Å². The number of nitrogens with one attached hydrogen (secondary N) is 9. The summed E-state index contributed by atoms with van der Waals surface area (Å²) in [6, 6.07) is -5.25. The number of aromatic nitrogens is 2. The average molecular weight is 1130 g/mol. The molecule has 2 rings (SSSR count). The van der Waals surface area contributed by atoms with Crippen LogP contribution in [0.4, 0.5) is 0 Å². The van der Waals surface area contributed by atoms with Gasteiger partial charge in [-0.1, -0.05) is 64.4 Å². The van der Waals surface area contributed by atoms with E-state index in [-0.39, 0.29) is 37.3 Å². The Kier molecular flexibility index (Phi) is 30.2. The van der Waals surface area contributed by atoms with Gasteiger partial charge in [-0.25, -0.2) is 9.78 Å². The highest BCUT2D eigenvalue weighted by atomic mass is 16.4. The molecule has 0 bridgehead atoms. The first-order chi connectivity index (χ1) is 37.8. The first kappa shape index (κ1) is 68.1. The number of nitrogens with zero attached hydrogens (tertiary/aromatic N) is 1. The number of amides is 10. The van der Waals surface area contributed by atoms with Crippen LogP contribution in [0, 0.1) is 11.8 Å². The lowest BCUT2D eigenvalue weighted by atomic mass is 10.00. The van der Waals surface area contributed by atoms with Gasteiger partial charge in [0.25, 0.3) is 0 Å². The molecular weight excluding hydrogens is 1050 g/mol. The molecule has 0 spiro atoms. The van der Waals surface area contributed by atoms with Crippen LogP contribution >= 0.6 is 0 Å². The van der Waals surface area contributed by atoms with Gasteiger partial charge >= 0.3 is 11.9 Å². The highest BCUT2D eigenvalue weighted by Crippen LogP contribution is 2.13. The fourth-order valence-electron chi connectivity index (χ4n) is 8.02. The molecule has 80 heavy (non-hydrogen) atoms. The van der Waals surface area contributed by atoms with E-state index in [1.807, 2.05) is 0 Å². The van der Waals surface area contributed by atoms with Crippen LogP contribution in [0.2, 0.25) is 0 Å². The lowest BCUT2D eigenvalue weighted by molar-refractivity contribution is -0.143. The number of hydrogen-bond donors (Lipinski definition) is 16. The maximum atomic E-state index is 14.1. The predicted octanol–water partition coefficient (Wildman–Crippen LogP) is -3.94. The number of benzene rings is 1. The Morgan fingerprint density at radius 2 is 1.02 bits per heavy atom. The topological polar surface area (TPSA) is 500 Å². The summed E-state index contributed by atoms with van der Waals surface area (Å²) in [5.74, 6) is -13.9. The van der Waals surface area contributed by atoms with E-state index in [0.29, 0.717) is 50.8 Å². The number of hydrogen-bond acceptors (Lipinski definition) is 16. The van der Waals surface area contributed by atoms with Gasteiger partial charge < -0.3 is 86.4 Å². The summed E-state index contributed by atoms with van der Waals surface area (Å²) in [6.07, 6.45) is 1.79. The molecule has 21 N–H and O–H groups in total. The summed E-state index contributed by atoms with van der Waals surface area (Å²) in [6.45, 7) is 7.16. The van der Waals surface area contributed by atoms with E-state index in [0.717, 1.165) is 0 Å². The van der Waals surface area contributed by atoms with Crippen molar-refractivity contribution in [1.29, 1.82) is 0 Å². The zero-order valence-corrected chi connectivity index (χ0v) is 45.6. The molecule has 2 aromatic rings. The van der Waals surface area contributed by atoms with Crippen molar-refractivity contribution in [3.63, 3.8) is 0 Å². The Hall–Kier alpha value is -8.05. The van der Waals surface area contributed by atoms with Crippen molar-refractivity contribution in [2.75, 3.05) is 13.1 Å². The standard InChI is InChI=1S/C51H81N15O14/c1-27(2)20-34(61-44(72)32(15-9-11-19-53)59-43(71)31(54)14-8-10-18-52)46(74)60-33(16-17-39(55)67)45(73)63-37(24-41(69)70)49(77)66-42(28(3)4)50(78)64-35(22-30-25-57-26-58-30)47(75)62-36(23-40(56)68)48(76)65-38(51(79)80)21-29-12-6-5-7-13-29/h5-7,12-13,25-28,31-38,42H,8-11,14-24,52-54H2,1-4H3,(H2,55,67)(H2,56,68)(H,57,58)(H,59,71)(H,60,74)(H,61,72)(H,62,75)(H,63,73)(H,64,78)(H,65,76)(H,66,77)(H,69,70)(H,79,80)/t31-,32-,33-,34-,35-,36-,37-,38-,42-/m0/s1. The summed E-state index contributed by atoms with van der Waals surface area (Å²) in [5, 5.41) is 39.3. The molecule has 444 valence electrons. The van der Waals surface area contributed by atoms with Crippen molar-refractivity contribution < 1.29 is 67.7 Å². The first-order valence-electron chi connectivity index (χ1n) is 26.4. The van der Waals surface area contributed by atoms with E-state index in [9.17, 15) is 67.7 Å². The van der Waals surface area contributed by atoms with E-state index >= 15 is 0 Å². The van der Waals surface area contributed by atoms with Crippen molar-refractivity contribution in [3.05, 3.63) is 54.1 Å². The zero-order valence-electron chi connectivity index (χ0n) is 45.6. The lowest BCUT2D eigenvalue weighted by Crippen LogP contribution is -2.61. The molecule has 10 amide bonds. The van der Waals surface area contributed by atoms with Crippen LogP contribution in [-0.2, 0) is 70.4 Å². The molecular formula is C51H81N15O14.